The molecule has 6 nitrogen and oxygen atoms in total. The fraction of sp³-hybridized carbons (Fsp3) is 0.417. The van der Waals surface area contributed by atoms with Gasteiger partial charge < -0.3 is 10.2 Å². The van der Waals surface area contributed by atoms with E-state index < -0.39 is 0 Å². The Labute approximate surface area is 105 Å². The minimum atomic E-state index is -0.128. The van der Waals surface area contributed by atoms with Crippen molar-refractivity contribution in [3.8, 4) is 0 Å². The minimum absolute atomic E-state index is 0.0182. The van der Waals surface area contributed by atoms with Crippen LogP contribution in [0.15, 0.2) is 35.4 Å². The van der Waals surface area contributed by atoms with Gasteiger partial charge in [0, 0.05) is 29.7 Å². The zero-order valence-corrected chi connectivity index (χ0v) is 9.99. The van der Waals surface area contributed by atoms with Crippen LogP contribution in [-0.2, 0) is 0 Å². The first-order chi connectivity index (χ1) is 8.81. The van der Waals surface area contributed by atoms with Crippen LogP contribution in [0.3, 0.4) is 0 Å². The summed E-state index contributed by atoms with van der Waals surface area (Å²) >= 11 is 0. The van der Waals surface area contributed by atoms with Gasteiger partial charge in [-0.25, -0.2) is 4.79 Å². The number of hydrogen-bond donors (Lipinski definition) is 1. The number of benzene rings is 1. The molecule has 0 bridgehead atoms. The number of rotatable bonds is 3. The molecule has 2 rings (SSSR count). The van der Waals surface area contributed by atoms with Gasteiger partial charge in [-0.3, -0.25) is 0 Å². The number of carbonyl (C=O) groups excluding carboxylic acids is 1. The van der Waals surface area contributed by atoms with E-state index in [9.17, 15) is 4.79 Å². The second-order valence-electron chi connectivity index (χ2n) is 4.20. The van der Waals surface area contributed by atoms with Crippen molar-refractivity contribution in [2.24, 2.45) is 5.11 Å². The molecule has 0 saturated carbocycles. The number of anilines is 1. The van der Waals surface area contributed by atoms with E-state index in [2.05, 4.69) is 15.3 Å². The SMILES string of the molecule is [N-]=[N+]=NCC1CCCN1C(=O)Nc1ccccc1. The van der Waals surface area contributed by atoms with Gasteiger partial charge in [-0.1, -0.05) is 23.3 Å². The lowest BCUT2D eigenvalue weighted by Gasteiger charge is -2.23. The van der Waals surface area contributed by atoms with Crippen molar-refractivity contribution in [3.63, 3.8) is 0 Å². The molecular weight excluding hydrogens is 230 g/mol. The average Bonchev–Trinajstić information content (AvgIpc) is 2.86. The Bertz CT molecular complexity index is 455. The Kier molecular flexibility index (Phi) is 4.04. The van der Waals surface area contributed by atoms with Crippen molar-refractivity contribution in [2.75, 3.05) is 18.4 Å². The maximum absolute atomic E-state index is 12.1. The number of carbonyl (C=O) groups is 1. The normalized spacial score (nSPS) is 18.2. The summed E-state index contributed by atoms with van der Waals surface area (Å²) in [7, 11) is 0. The van der Waals surface area contributed by atoms with Crippen LogP contribution >= 0.6 is 0 Å². The third kappa shape index (κ3) is 2.93. The topological polar surface area (TPSA) is 81.1 Å². The van der Waals surface area contributed by atoms with E-state index in [0.29, 0.717) is 13.1 Å². The molecule has 1 atom stereocenters. The Balaban J connectivity index is 1.97. The van der Waals surface area contributed by atoms with Gasteiger partial charge in [-0.05, 0) is 30.5 Å². The number of nitrogens with one attached hydrogen (secondary N) is 1. The van der Waals surface area contributed by atoms with Gasteiger partial charge in [-0.2, -0.15) is 0 Å². The fourth-order valence-electron chi connectivity index (χ4n) is 2.14. The van der Waals surface area contributed by atoms with Gasteiger partial charge in [0.05, 0.1) is 0 Å². The van der Waals surface area contributed by atoms with Crippen molar-refractivity contribution in [1.29, 1.82) is 0 Å². The number of amides is 2. The van der Waals surface area contributed by atoms with Crippen molar-refractivity contribution in [3.05, 3.63) is 40.8 Å². The molecule has 18 heavy (non-hydrogen) atoms. The van der Waals surface area contributed by atoms with Gasteiger partial charge in [-0.15, -0.1) is 0 Å². The second-order valence-corrected chi connectivity index (χ2v) is 4.20. The third-order valence-corrected chi connectivity index (χ3v) is 3.02. The summed E-state index contributed by atoms with van der Waals surface area (Å²) in [6.45, 7) is 1.06. The van der Waals surface area contributed by atoms with E-state index in [1.54, 1.807) is 4.90 Å². The Morgan fingerprint density at radius 1 is 1.50 bits per heavy atom. The molecule has 0 aromatic heterocycles. The summed E-state index contributed by atoms with van der Waals surface area (Å²) in [4.78, 5) is 16.5. The minimum Gasteiger partial charge on any atom is -0.321 e. The summed E-state index contributed by atoms with van der Waals surface area (Å²) in [6.07, 6.45) is 1.84. The number of likely N-dealkylation sites (tertiary alicyclic amines) is 1. The van der Waals surface area contributed by atoms with Crippen LogP contribution in [0, 0.1) is 0 Å². The number of urea groups is 1. The van der Waals surface area contributed by atoms with Crippen LogP contribution in [0.2, 0.25) is 0 Å². The average molecular weight is 245 g/mol. The first kappa shape index (κ1) is 12.3. The summed E-state index contributed by atoms with van der Waals surface area (Å²) in [5.74, 6) is 0. The number of nitrogens with zero attached hydrogens (tertiary/aromatic N) is 4. The van der Waals surface area contributed by atoms with Crippen LogP contribution in [0.5, 0.6) is 0 Å². The first-order valence-electron chi connectivity index (χ1n) is 5.95. The van der Waals surface area contributed by atoms with E-state index in [1.807, 2.05) is 30.3 Å². The number of azide groups is 1. The number of para-hydroxylation sites is 1. The quantitative estimate of drug-likeness (QED) is 0.495. The first-order valence-corrected chi connectivity index (χ1v) is 5.95. The molecule has 6 heteroatoms. The lowest BCUT2D eigenvalue weighted by atomic mass is 10.2. The molecule has 0 radical (unpaired) electrons. The van der Waals surface area contributed by atoms with Crippen molar-refractivity contribution < 1.29 is 4.79 Å². The van der Waals surface area contributed by atoms with E-state index in [1.165, 1.54) is 0 Å². The van der Waals surface area contributed by atoms with E-state index in [0.717, 1.165) is 18.5 Å². The highest BCUT2D eigenvalue weighted by molar-refractivity contribution is 5.89. The molecule has 0 spiro atoms. The zero-order chi connectivity index (χ0) is 12.8. The number of hydrogen-bond acceptors (Lipinski definition) is 2. The molecule has 1 aliphatic rings. The van der Waals surface area contributed by atoms with Crippen LogP contribution in [0.25, 0.3) is 10.4 Å². The van der Waals surface area contributed by atoms with Crippen LogP contribution in [0.1, 0.15) is 12.8 Å². The highest BCUT2D eigenvalue weighted by Gasteiger charge is 2.27. The van der Waals surface area contributed by atoms with Crippen molar-refractivity contribution in [1.82, 2.24) is 4.90 Å². The maximum atomic E-state index is 12.1. The van der Waals surface area contributed by atoms with E-state index in [4.69, 9.17) is 5.53 Å². The Morgan fingerprint density at radius 2 is 2.28 bits per heavy atom. The molecule has 0 aliphatic carbocycles. The lowest BCUT2D eigenvalue weighted by molar-refractivity contribution is 0.208. The van der Waals surface area contributed by atoms with Crippen molar-refractivity contribution >= 4 is 11.7 Å². The highest BCUT2D eigenvalue weighted by Crippen LogP contribution is 2.19. The van der Waals surface area contributed by atoms with Gasteiger partial charge >= 0.3 is 6.03 Å². The predicted molar refractivity (Wildman–Crippen MR) is 69.2 cm³/mol. The summed E-state index contributed by atoms with van der Waals surface area (Å²) < 4.78 is 0. The molecule has 1 heterocycles. The molecule has 1 aromatic carbocycles. The highest BCUT2D eigenvalue weighted by atomic mass is 16.2. The molecule has 1 saturated heterocycles. The Hall–Kier alpha value is -2.20. The predicted octanol–water partition coefficient (Wildman–Crippen LogP) is 2.99. The molecule has 2 amide bonds. The standard InChI is InChI=1S/C12H15N5O/c13-16-14-9-11-7-4-8-17(11)12(18)15-10-5-2-1-3-6-10/h1-3,5-6,11H,4,7-9H2,(H,15,18). The van der Waals surface area contributed by atoms with Crippen LogP contribution < -0.4 is 5.32 Å². The molecule has 94 valence electrons. The maximum Gasteiger partial charge on any atom is 0.322 e. The van der Waals surface area contributed by atoms with Gasteiger partial charge in [0.15, 0.2) is 0 Å². The molecule has 1 N–H and O–H groups in total. The molecule has 1 fully saturated rings. The lowest BCUT2D eigenvalue weighted by Crippen LogP contribution is -2.40. The van der Waals surface area contributed by atoms with Crippen LogP contribution in [-0.4, -0.2) is 30.1 Å². The fourth-order valence-corrected chi connectivity index (χ4v) is 2.14. The zero-order valence-electron chi connectivity index (χ0n) is 9.99. The largest absolute Gasteiger partial charge is 0.322 e. The summed E-state index contributed by atoms with van der Waals surface area (Å²) in [6, 6.07) is 9.22. The summed E-state index contributed by atoms with van der Waals surface area (Å²) in [5, 5.41) is 6.39. The van der Waals surface area contributed by atoms with Gasteiger partial charge in [0.1, 0.15) is 0 Å². The van der Waals surface area contributed by atoms with Crippen LogP contribution in [0.4, 0.5) is 10.5 Å². The third-order valence-electron chi connectivity index (χ3n) is 3.02. The summed E-state index contributed by atoms with van der Waals surface area (Å²) in [5.41, 5.74) is 9.10. The van der Waals surface area contributed by atoms with Gasteiger partial charge in [0.2, 0.25) is 0 Å². The monoisotopic (exact) mass is 245 g/mol. The second kappa shape index (κ2) is 5.93. The van der Waals surface area contributed by atoms with Gasteiger partial charge in [0.25, 0.3) is 0 Å². The smallest absolute Gasteiger partial charge is 0.321 e. The van der Waals surface area contributed by atoms with E-state index >= 15 is 0 Å². The molecule has 1 unspecified atom stereocenters. The molecule has 1 aromatic rings. The Morgan fingerprint density at radius 3 is 3.00 bits per heavy atom. The molecular formula is C12H15N5O. The molecule has 1 aliphatic heterocycles. The van der Waals surface area contributed by atoms with Crippen molar-refractivity contribution in [2.45, 2.75) is 18.9 Å². The van der Waals surface area contributed by atoms with E-state index in [-0.39, 0.29) is 12.1 Å².